The number of rotatable bonds is 2. The lowest BCUT2D eigenvalue weighted by atomic mass is 9.90. The lowest BCUT2D eigenvalue weighted by Gasteiger charge is -2.43. The van der Waals surface area contributed by atoms with Crippen LogP contribution in [0.2, 0.25) is 0 Å². The van der Waals surface area contributed by atoms with Gasteiger partial charge in [0.25, 0.3) is 0 Å². The summed E-state index contributed by atoms with van der Waals surface area (Å²) in [7, 11) is 1.82. The molecule has 2 unspecified atom stereocenters. The minimum absolute atomic E-state index is 0. The van der Waals surface area contributed by atoms with Crippen molar-refractivity contribution in [2.24, 2.45) is 0 Å². The summed E-state index contributed by atoms with van der Waals surface area (Å²) in [5.41, 5.74) is 0. The Labute approximate surface area is 103 Å². The molecule has 0 bridgehead atoms. The smallest absolute Gasteiger partial charge is 0.236 e. The second-order valence-electron chi connectivity index (χ2n) is 4.38. The van der Waals surface area contributed by atoms with Crippen LogP contribution < -0.4 is 5.32 Å². The lowest BCUT2D eigenvalue weighted by Crippen LogP contribution is -2.56. The van der Waals surface area contributed by atoms with E-state index in [1.165, 1.54) is 12.8 Å². The van der Waals surface area contributed by atoms with Crippen LogP contribution in [0.25, 0.3) is 0 Å². The summed E-state index contributed by atoms with van der Waals surface area (Å²) in [5.74, 6) is 0.220. The number of hydrogen-bond donors (Lipinski definition) is 1. The van der Waals surface area contributed by atoms with E-state index in [1.54, 1.807) is 0 Å². The van der Waals surface area contributed by atoms with E-state index in [-0.39, 0.29) is 18.3 Å². The van der Waals surface area contributed by atoms with Crippen molar-refractivity contribution in [3.8, 4) is 0 Å². The Morgan fingerprint density at radius 2 is 2.19 bits per heavy atom. The highest BCUT2D eigenvalue weighted by Gasteiger charge is 2.36. The van der Waals surface area contributed by atoms with E-state index in [4.69, 9.17) is 4.74 Å². The maximum Gasteiger partial charge on any atom is 0.236 e. The molecule has 5 heteroatoms. The van der Waals surface area contributed by atoms with Crippen LogP contribution in [0.15, 0.2) is 0 Å². The van der Waals surface area contributed by atoms with Crippen LogP contribution in [0.1, 0.15) is 25.7 Å². The third-order valence-corrected chi connectivity index (χ3v) is 3.38. The molecule has 1 saturated heterocycles. The number of halogens is 1. The fourth-order valence-electron chi connectivity index (χ4n) is 2.66. The number of amides is 1. The number of ether oxygens (including phenoxy) is 1. The van der Waals surface area contributed by atoms with Gasteiger partial charge in [0.05, 0.1) is 25.3 Å². The van der Waals surface area contributed by atoms with Crippen LogP contribution >= 0.6 is 12.4 Å². The van der Waals surface area contributed by atoms with Gasteiger partial charge in [0.2, 0.25) is 5.91 Å². The molecule has 2 aliphatic rings. The van der Waals surface area contributed by atoms with Crippen molar-refractivity contribution < 1.29 is 9.53 Å². The minimum atomic E-state index is 0. The number of carbonyl (C=O) groups excluding carboxylic acids is 1. The van der Waals surface area contributed by atoms with Crippen molar-refractivity contribution >= 4 is 18.3 Å². The van der Waals surface area contributed by atoms with Gasteiger partial charge in [-0.3, -0.25) is 4.79 Å². The van der Waals surface area contributed by atoms with E-state index in [9.17, 15) is 4.79 Å². The molecule has 1 heterocycles. The van der Waals surface area contributed by atoms with E-state index in [0.717, 1.165) is 19.4 Å². The number of fused-ring (bicyclic) bond motifs is 1. The predicted molar refractivity (Wildman–Crippen MR) is 64.9 cm³/mol. The summed E-state index contributed by atoms with van der Waals surface area (Å²) in [6, 6.07) is 0.341. The topological polar surface area (TPSA) is 41.6 Å². The van der Waals surface area contributed by atoms with Gasteiger partial charge < -0.3 is 15.0 Å². The summed E-state index contributed by atoms with van der Waals surface area (Å²) in [4.78, 5) is 13.9. The van der Waals surface area contributed by atoms with Crippen LogP contribution in [-0.4, -0.2) is 49.7 Å². The molecular weight excluding hydrogens is 228 g/mol. The molecule has 1 N–H and O–H groups in total. The number of nitrogens with one attached hydrogen (secondary N) is 1. The summed E-state index contributed by atoms with van der Waals surface area (Å²) in [6.45, 7) is 1.92. The highest BCUT2D eigenvalue weighted by molar-refractivity contribution is 5.85. The van der Waals surface area contributed by atoms with Gasteiger partial charge in [0, 0.05) is 6.54 Å². The predicted octanol–water partition coefficient (Wildman–Crippen LogP) is 0.798. The zero-order chi connectivity index (χ0) is 10.7. The summed E-state index contributed by atoms with van der Waals surface area (Å²) < 4.78 is 5.73. The van der Waals surface area contributed by atoms with Crippen molar-refractivity contribution in [1.29, 1.82) is 0 Å². The Morgan fingerprint density at radius 3 is 2.94 bits per heavy atom. The molecule has 0 spiro atoms. The molecule has 0 radical (unpaired) electrons. The van der Waals surface area contributed by atoms with Crippen molar-refractivity contribution in [3.05, 3.63) is 0 Å². The average Bonchev–Trinajstić information content (AvgIpc) is 2.28. The maximum atomic E-state index is 11.9. The van der Waals surface area contributed by atoms with Crippen LogP contribution in [0.4, 0.5) is 0 Å². The number of morpholine rings is 1. The zero-order valence-corrected chi connectivity index (χ0v) is 10.6. The van der Waals surface area contributed by atoms with Gasteiger partial charge in [-0.25, -0.2) is 0 Å². The highest BCUT2D eigenvalue weighted by atomic mass is 35.5. The van der Waals surface area contributed by atoms with Crippen molar-refractivity contribution in [2.75, 3.05) is 26.7 Å². The zero-order valence-electron chi connectivity index (χ0n) is 9.78. The molecule has 0 aromatic heterocycles. The Morgan fingerprint density at radius 1 is 1.44 bits per heavy atom. The van der Waals surface area contributed by atoms with Gasteiger partial charge in [-0.05, 0) is 19.9 Å². The van der Waals surface area contributed by atoms with Gasteiger partial charge in [0.15, 0.2) is 0 Å². The molecule has 94 valence electrons. The first kappa shape index (κ1) is 13.7. The Kier molecular flexibility index (Phi) is 5.52. The van der Waals surface area contributed by atoms with Gasteiger partial charge in [-0.15, -0.1) is 12.4 Å². The van der Waals surface area contributed by atoms with Crippen molar-refractivity contribution in [1.82, 2.24) is 10.2 Å². The Balaban J connectivity index is 0.00000128. The summed E-state index contributed by atoms with van der Waals surface area (Å²) in [5, 5.41) is 2.93. The van der Waals surface area contributed by atoms with Crippen LogP contribution in [0.3, 0.4) is 0 Å². The summed E-state index contributed by atoms with van der Waals surface area (Å²) >= 11 is 0. The molecule has 4 nitrogen and oxygen atoms in total. The van der Waals surface area contributed by atoms with Crippen molar-refractivity contribution in [3.63, 3.8) is 0 Å². The van der Waals surface area contributed by atoms with E-state index in [1.807, 2.05) is 11.9 Å². The lowest BCUT2D eigenvalue weighted by molar-refractivity contribution is -0.148. The normalized spacial score (nSPS) is 29.2. The van der Waals surface area contributed by atoms with E-state index < -0.39 is 0 Å². The molecule has 1 aliphatic heterocycles. The molecular formula is C11H21ClN2O2. The summed E-state index contributed by atoms with van der Waals surface area (Å²) in [6.07, 6.45) is 5.00. The Hall–Kier alpha value is -0.320. The molecule has 2 fully saturated rings. The van der Waals surface area contributed by atoms with E-state index in [0.29, 0.717) is 25.3 Å². The van der Waals surface area contributed by atoms with Gasteiger partial charge >= 0.3 is 0 Å². The third-order valence-electron chi connectivity index (χ3n) is 3.38. The van der Waals surface area contributed by atoms with Crippen molar-refractivity contribution in [2.45, 2.75) is 37.8 Å². The molecule has 0 aromatic rings. The number of nitrogens with zero attached hydrogens (tertiary/aromatic N) is 1. The second-order valence-corrected chi connectivity index (χ2v) is 4.38. The fourth-order valence-corrected chi connectivity index (χ4v) is 2.66. The SMILES string of the molecule is CNCC(=O)N1CCOC2CCCCC21.Cl. The quantitative estimate of drug-likeness (QED) is 0.786. The molecule has 1 saturated carbocycles. The monoisotopic (exact) mass is 248 g/mol. The minimum Gasteiger partial charge on any atom is -0.374 e. The molecule has 1 aliphatic carbocycles. The first-order valence-electron chi connectivity index (χ1n) is 5.88. The highest BCUT2D eigenvalue weighted by Crippen LogP contribution is 2.28. The van der Waals surface area contributed by atoms with Gasteiger partial charge in [-0.1, -0.05) is 12.8 Å². The molecule has 0 aromatic carbocycles. The molecule has 2 atom stereocenters. The van der Waals surface area contributed by atoms with E-state index in [2.05, 4.69) is 5.32 Å². The first-order valence-corrected chi connectivity index (χ1v) is 5.88. The van der Waals surface area contributed by atoms with Crippen LogP contribution in [-0.2, 0) is 9.53 Å². The van der Waals surface area contributed by atoms with E-state index >= 15 is 0 Å². The number of likely N-dealkylation sites (N-methyl/N-ethyl adjacent to an activating group) is 1. The Bertz CT molecular complexity index is 236. The first-order chi connectivity index (χ1) is 7.33. The number of hydrogen-bond acceptors (Lipinski definition) is 3. The largest absolute Gasteiger partial charge is 0.374 e. The number of carbonyl (C=O) groups is 1. The molecule has 1 amide bonds. The fraction of sp³-hybridized carbons (Fsp3) is 0.909. The molecule has 16 heavy (non-hydrogen) atoms. The van der Waals surface area contributed by atoms with Crippen LogP contribution in [0, 0.1) is 0 Å². The molecule has 2 rings (SSSR count). The maximum absolute atomic E-state index is 11.9. The third kappa shape index (κ3) is 2.87. The van der Waals surface area contributed by atoms with Crippen LogP contribution in [0.5, 0.6) is 0 Å². The standard InChI is InChI=1S/C11H20N2O2.ClH/c1-12-8-11(14)13-6-7-15-10-5-3-2-4-9(10)13;/h9-10,12H,2-8H2,1H3;1H. The van der Waals surface area contributed by atoms with Gasteiger partial charge in [-0.2, -0.15) is 0 Å². The average molecular weight is 249 g/mol. The second kappa shape index (κ2) is 6.42. The van der Waals surface area contributed by atoms with Gasteiger partial charge in [0.1, 0.15) is 0 Å².